The van der Waals surface area contributed by atoms with Gasteiger partial charge in [0, 0.05) is 37.5 Å². The van der Waals surface area contributed by atoms with E-state index >= 15 is 0 Å². The molecule has 2 heterocycles. The maximum atomic E-state index is 13.0. The van der Waals surface area contributed by atoms with Crippen molar-refractivity contribution in [2.75, 3.05) is 13.1 Å². The normalized spacial score (nSPS) is 19.5. The van der Waals surface area contributed by atoms with Gasteiger partial charge in [0.1, 0.15) is 17.2 Å². The summed E-state index contributed by atoms with van der Waals surface area (Å²) in [6.45, 7) is 2.50. The summed E-state index contributed by atoms with van der Waals surface area (Å²) in [4.78, 5) is 14.9. The lowest BCUT2D eigenvalue weighted by molar-refractivity contribution is -0.0107. The standard InChI is InChI=1S/C20H19ClFNO2/c21-15-3-6-19-17(11-15)18(24)12-20(25-19)7-9-23(10-8-20)13-14-1-4-16(22)5-2-14/h1-6,11H,7-10,12-13H2. The maximum Gasteiger partial charge on any atom is 0.170 e. The number of benzene rings is 2. The lowest BCUT2D eigenvalue weighted by Crippen LogP contribution is -2.50. The van der Waals surface area contributed by atoms with Crippen LogP contribution in [0.5, 0.6) is 5.75 Å². The van der Waals surface area contributed by atoms with Crippen LogP contribution in [0.3, 0.4) is 0 Å². The highest BCUT2D eigenvalue weighted by atomic mass is 35.5. The van der Waals surface area contributed by atoms with Crippen molar-refractivity contribution < 1.29 is 13.9 Å². The molecule has 5 heteroatoms. The van der Waals surface area contributed by atoms with E-state index < -0.39 is 5.60 Å². The number of carbonyl (C=O) groups excluding carboxylic acids is 1. The SMILES string of the molecule is O=C1CC2(CCN(Cc3ccc(F)cc3)CC2)Oc2ccc(Cl)cc21. The van der Waals surface area contributed by atoms with E-state index in [2.05, 4.69) is 4.90 Å². The zero-order valence-corrected chi connectivity index (χ0v) is 14.6. The lowest BCUT2D eigenvalue weighted by atomic mass is 9.82. The Bertz CT molecular complexity index is 798. The first-order valence-electron chi connectivity index (χ1n) is 8.52. The van der Waals surface area contributed by atoms with Gasteiger partial charge in [0.2, 0.25) is 0 Å². The van der Waals surface area contributed by atoms with Crippen LogP contribution < -0.4 is 4.74 Å². The van der Waals surface area contributed by atoms with Gasteiger partial charge in [-0.2, -0.15) is 0 Å². The number of carbonyl (C=O) groups is 1. The van der Waals surface area contributed by atoms with Crippen molar-refractivity contribution in [2.24, 2.45) is 0 Å². The molecule has 0 amide bonds. The van der Waals surface area contributed by atoms with Crippen LogP contribution in [0.25, 0.3) is 0 Å². The van der Waals surface area contributed by atoms with Crippen molar-refractivity contribution in [3.05, 3.63) is 64.4 Å². The molecular weight excluding hydrogens is 341 g/mol. The van der Waals surface area contributed by atoms with Crippen LogP contribution in [-0.4, -0.2) is 29.4 Å². The number of rotatable bonds is 2. The summed E-state index contributed by atoms with van der Waals surface area (Å²) in [6, 6.07) is 11.9. The van der Waals surface area contributed by atoms with Gasteiger partial charge >= 0.3 is 0 Å². The number of likely N-dealkylation sites (tertiary alicyclic amines) is 1. The fourth-order valence-corrected chi connectivity index (χ4v) is 3.88. The number of fused-ring (bicyclic) bond motifs is 1. The molecule has 3 nitrogen and oxygen atoms in total. The molecule has 0 aromatic heterocycles. The van der Waals surface area contributed by atoms with Crippen molar-refractivity contribution in [1.82, 2.24) is 4.90 Å². The Balaban J connectivity index is 1.43. The molecule has 0 bridgehead atoms. The van der Waals surface area contributed by atoms with Crippen molar-refractivity contribution in [1.29, 1.82) is 0 Å². The Hall–Kier alpha value is -1.91. The second-order valence-corrected chi connectivity index (χ2v) is 7.36. The average Bonchev–Trinajstić information content (AvgIpc) is 2.60. The number of Topliss-reactive ketones (excluding diaryl/α,β-unsaturated/α-hetero) is 1. The monoisotopic (exact) mass is 359 g/mol. The molecular formula is C20H19ClFNO2. The highest BCUT2D eigenvalue weighted by molar-refractivity contribution is 6.31. The largest absolute Gasteiger partial charge is 0.486 e. The van der Waals surface area contributed by atoms with Gasteiger partial charge in [0.05, 0.1) is 12.0 Å². The van der Waals surface area contributed by atoms with Crippen LogP contribution in [-0.2, 0) is 6.54 Å². The second kappa shape index (κ2) is 6.43. The van der Waals surface area contributed by atoms with E-state index in [9.17, 15) is 9.18 Å². The molecule has 0 radical (unpaired) electrons. The summed E-state index contributed by atoms with van der Waals surface area (Å²) in [5.74, 6) is 0.539. The van der Waals surface area contributed by atoms with Crippen LogP contribution >= 0.6 is 11.6 Å². The van der Waals surface area contributed by atoms with E-state index in [1.165, 1.54) is 12.1 Å². The minimum absolute atomic E-state index is 0.107. The van der Waals surface area contributed by atoms with Gasteiger partial charge < -0.3 is 4.74 Å². The van der Waals surface area contributed by atoms with E-state index in [0.717, 1.165) is 38.0 Å². The minimum atomic E-state index is -0.406. The number of hydrogen-bond acceptors (Lipinski definition) is 3. The fraction of sp³-hybridized carbons (Fsp3) is 0.350. The van der Waals surface area contributed by atoms with Gasteiger partial charge in [-0.25, -0.2) is 4.39 Å². The molecule has 0 aliphatic carbocycles. The van der Waals surface area contributed by atoms with Crippen LogP contribution in [0.4, 0.5) is 4.39 Å². The topological polar surface area (TPSA) is 29.5 Å². The van der Waals surface area contributed by atoms with E-state index in [-0.39, 0.29) is 11.6 Å². The van der Waals surface area contributed by atoms with Gasteiger partial charge in [-0.1, -0.05) is 23.7 Å². The number of ketones is 1. The number of piperidine rings is 1. The minimum Gasteiger partial charge on any atom is -0.486 e. The lowest BCUT2D eigenvalue weighted by Gasteiger charge is -2.44. The quantitative estimate of drug-likeness (QED) is 0.791. The Morgan fingerprint density at radius 2 is 1.84 bits per heavy atom. The third-order valence-corrected chi connectivity index (χ3v) is 5.37. The first kappa shape index (κ1) is 16.6. The van der Waals surface area contributed by atoms with Crippen LogP contribution in [0.1, 0.15) is 35.2 Å². The summed E-state index contributed by atoms with van der Waals surface area (Å²) >= 11 is 5.99. The number of hydrogen-bond donors (Lipinski definition) is 0. The number of nitrogens with zero attached hydrogens (tertiary/aromatic N) is 1. The zero-order chi connectivity index (χ0) is 17.4. The molecule has 2 aromatic carbocycles. The predicted octanol–water partition coefficient (Wildman–Crippen LogP) is 4.48. The van der Waals surface area contributed by atoms with Crippen molar-refractivity contribution in [3.63, 3.8) is 0 Å². The molecule has 0 atom stereocenters. The molecule has 0 N–H and O–H groups in total. The summed E-state index contributed by atoms with van der Waals surface area (Å²) in [6.07, 6.45) is 2.02. The summed E-state index contributed by atoms with van der Waals surface area (Å²) < 4.78 is 19.3. The second-order valence-electron chi connectivity index (χ2n) is 6.93. The summed E-state index contributed by atoms with van der Waals surface area (Å²) in [5.41, 5.74) is 1.28. The molecule has 1 fully saturated rings. The molecule has 4 rings (SSSR count). The highest BCUT2D eigenvalue weighted by Crippen LogP contribution is 2.40. The van der Waals surface area contributed by atoms with E-state index in [4.69, 9.17) is 16.3 Å². The molecule has 2 aliphatic rings. The Labute approximate surface area is 151 Å². The van der Waals surface area contributed by atoms with Crippen molar-refractivity contribution in [3.8, 4) is 5.75 Å². The van der Waals surface area contributed by atoms with E-state index in [1.807, 2.05) is 12.1 Å². The average molecular weight is 360 g/mol. The molecule has 2 aromatic rings. The van der Waals surface area contributed by atoms with Crippen molar-refractivity contribution >= 4 is 17.4 Å². The zero-order valence-electron chi connectivity index (χ0n) is 13.8. The molecule has 2 aliphatic heterocycles. The summed E-state index contributed by atoms with van der Waals surface area (Å²) in [5, 5.41) is 0.556. The molecule has 130 valence electrons. The molecule has 0 saturated carbocycles. The van der Waals surface area contributed by atoms with Gasteiger partial charge in [-0.3, -0.25) is 9.69 Å². The van der Waals surface area contributed by atoms with Crippen LogP contribution in [0, 0.1) is 5.82 Å². The number of halogens is 2. The van der Waals surface area contributed by atoms with Gasteiger partial charge in [0.15, 0.2) is 5.78 Å². The number of ether oxygens (including phenoxy) is 1. The smallest absolute Gasteiger partial charge is 0.170 e. The predicted molar refractivity (Wildman–Crippen MR) is 94.7 cm³/mol. The van der Waals surface area contributed by atoms with E-state index in [0.29, 0.717) is 22.8 Å². The van der Waals surface area contributed by atoms with Gasteiger partial charge in [-0.05, 0) is 35.9 Å². The summed E-state index contributed by atoms with van der Waals surface area (Å²) in [7, 11) is 0. The van der Waals surface area contributed by atoms with Crippen LogP contribution in [0.2, 0.25) is 5.02 Å². The molecule has 25 heavy (non-hydrogen) atoms. The van der Waals surface area contributed by atoms with Gasteiger partial charge in [-0.15, -0.1) is 0 Å². The fourth-order valence-electron chi connectivity index (χ4n) is 3.71. The van der Waals surface area contributed by atoms with Crippen molar-refractivity contribution in [2.45, 2.75) is 31.4 Å². The van der Waals surface area contributed by atoms with E-state index in [1.54, 1.807) is 18.2 Å². The van der Waals surface area contributed by atoms with Crippen LogP contribution in [0.15, 0.2) is 42.5 Å². The first-order chi connectivity index (χ1) is 12.0. The van der Waals surface area contributed by atoms with Gasteiger partial charge in [0.25, 0.3) is 0 Å². The third kappa shape index (κ3) is 3.42. The molecule has 1 spiro atoms. The molecule has 0 unspecified atom stereocenters. The molecule has 1 saturated heterocycles. The Morgan fingerprint density at radius 1 is 1.12 bits per heavy atom. The Kier molecular flexibility index (Phi) is 4.26. The maximum absolute atomic E-state index is 13.0. The first-order valence-corrected chi connectivity index (χ1v) is 8.89. The third-order valence-electron chi connectivity index (χ3n) is 5.14. The highest BCUT2D eigenvalue weighted by Gasteiger charge is 2.42. The Morgan fingerprint density at radius 3 is 2.56 bits per heavy atom.